The molecule has 2 rings (SSSR count). The van der Waals surface area contributed by atoms with E-state index in [1.54, 1.807) is 0 Å². The highest BCUT2D eigenvalue weighted by Crippen LogP contribution is 2.25. The molecule has 5 heteroatoms. The molecule has 1 N–H and O–H groups in total. The fraction of sp³-hybridized carbons (Fsp3) is 0.250. The first-order valence-electron chi connectivity index (χ1n) is 6.64. The predicted molar refractivity (Wildman–Crippen MR) is 77.9 cm³/mol. The van der Waals surface area contributed by atoms with Crippen molar-refractivity contribution in [2.45, 2.75) is 19.4 Å². The maximum Gasteiger partial charge on any atom is 0.163 e. The van der Waals surface area contributed by atoms with Crippen LogP contribution in [0.4, 0.5) is 13.2 Å². The fourth-order valence-corrected chi connectivity index (χ4v) is 2.44. The van der Waals surface area contributed by atoms with E-state index in [9.17, 15) is 13.2 Å². The minimum atomic E-state index is -0.915. The third kappa shape index (κ3) is 3.77. The zero-order valence-electron chi connectivity index (χ0n) is 11.5. The van der Waals surface area contributed by atoms with Crippen molar-refractivity contribution in [3.8, 4) is 0 Å². The summed E-state index contributed by atoms with van der Waals surface area (Å²) < 4.78 is 41.1. The smallest absolute Gasteiger partial charge is 0.163 e. The Morgan fingerprint density at radius 2 is 1.86 bits per heavy atom. The summed E-state index contributed by atoms with van der Waals surface area (Å²) in [5.74, 6) is -2.24. The molecule has 0 amide bonds. The molecule has 0 bridgehead atoms. The molecule has 2 aromatic rings. The van der Waals surface area contributed by atoms with Crippen LogP contribution in [-0.4, -0.2) is 6.54 Å². The van der Waals surface area contributed by atoms with Gasteiger partial charge in [0.2, 0.25) is 0 Å². The van der Waals surface area contributed by atoms with Gasteiger partial charge in [0.15, 0.2) is 11.6 Å². The van der Waals surface area contributed by atoms with Gasteiger partial charge in [0, 0.05) is 16.6 Å². The first-order chi connectivity index (χ1) is 10.0. The number of benzene rings is 2. The zero-order chi connectivity index (χ0) is 15.4. The maximum atomic E-state index is 13.9. The van der Waals surface area contributed by atoms with Crippen molar-refractivity contribution >= 4 is 11.6 Å². The topological polar surface area (TPSA) is 12.0 Å². The minimum Gasteiger partial charge on any atom is -0.310 e. The van der Waals surface area contributed by atoms with Gasteiger partial charge in [-0.3, -0.25) is 0 Å². The van der Waals surface area contributed by atoms with Crippen molar-refractivity contribution in [2.75, 3.05) is 6.54 Å². The van der Waals surface area contributed by atoms with Crippen LogP contribution in [0.3, 0.4) is 0 Å². The van der Waals surface area contributed by atoms with Crippen molar-refractivity contribution < 1.29 is 13.2 Å². The number of nitrogens with one attached hydrogen (secondary N) is 1. The van der Waals surface area contributed by atoms with Crippen molar-refractivity contribution in [1.82, 2.24) is 5.32 Å². The summed E-state index contributed by atoms with van der Waals surface area (Å²) in [6, 6.07) is 7.67. The van der Waals surface area contributed by atoms with Crippen molar-refractivity contribution in [1.29, 1.82) is 0 Å². The Labute approximate surface area is 126 Å². The molecular weight excluding hydrogens is 299 g/mol. The van der Waals surface area contributed by atoms with Crippen LogP contribution in [0, 0.1) is 17.5 Å². The summed E-state index contributed by atoms with van der Waals surface area (Å²) in [5.41, 5.74) is 0.535. The summed E-state index contributed by atoms with van der Waals surface area (Å²) in [4.78, 5) is 0. The predicted octanol–water partition coefficient (Wildman–Crippen LogP) is 4.65. The summed E-state index contributed by atoms with van der Waals surface area (Å²) in [5, 5.41) is 3.45. The molecule has 0 saturated carbocycles. The molecule has 0 saturated heterocycles. The Balaban J connectivity index is 2.35. The molecule has 0 spiro atoms. The quantitative estimate of drug-likeness (QED) is 0.847. The van der Waals surface area contributed by atoms with E-state index < -0.39 is 23.5 Å². The normalized spacial score (nSPS) is 12.4. The monoisotopic (exact) mass is 313 g/mol. The van der Waals surface area contributed by atoms with Gasteiger partial charge in [-0.2, -0.15) is 0 Å². The summed E-state index contributed by atoms with van der Waals surface area (Å²) in [7, 11) is 0. The Morgan fingerprint density at radius 3 is 2.57 bits per heavy atom. The van der Waals surface area contributed by atoms with Gasteiger partial charge < -0.3 is 5.32 Å². The first kappa shape index (κ1) is 15.9. The number of halogens is 4. The molecule has 1 atom stereocenters. The molecule has 1 nitrogen and oxygen atoms in total. The van der Waals surface area contributed by atoms with E-state index >= 15 is 0 Å². The molecule has 2 aromatic carbocycles. The van der Waals surface area contributed by atoms with E-state index in [0.717, 1.165) is 6.07 Å². The van der Waals surface area contributed by atoms with Gasteiger partial charge in [0.25, 0.3) is 0 Å². The van der Waals surface area contributed by atoms with Gasteiger partial charge in [-0.15, -0.1) is 0 Å². The van der Waals surface area contributed by atoms with Gasteiger partial charge in [0.1, 0.15) is 5.82 Å². The summed E-state index contributed by atoms with van der Waals surface area (Å²) in [6.07, 6.45) is 0.181. The van der Waals surface area contributed by atoms with Crippen LogP contribution in [0.15, 0.2) is 36.4 Å². The fourth-order valence-electron chi connectivity index (χ4n) is 2.25. The molecule has 0 fully saturated rings. The lowest BCUT2D eigenvalue weighted by atomic mass is 9.97. The second-order valence-corrected chi connectivity index (χ2v) is 5.13. The molecule has 0 aliphatic carbocycles. The average molecular weight is 314 g/mol. The first-order valence-corrected chi connectivity index (χ1v) is 7.02. The van der Waals surface area contributed by atoms with Crippen LogP contribution in [-0.2, 0) is 6.42 Å². The molecule has 0 aromatic heterocycles. The van der Waals surface area contributed by atoms with E-state index in [0.29, 0.717) is 17.1 Å². The molecule has 0 heterocycles. The molecule has 21 heavy (non-hydrogen) atoms. The average Bonchev–Trinajstić information content (AvgIpc) is 2.45. The SMILES string of the molecule is CCNC(Cc1cc(Cl)ccc1F)c1cccc(F)c1F. The Kier molecular flexibility index (Phi) is 5.26. The van der Waals surface area contributed by atoms with Gasteiger partial charge in [-0.25, -0.2) is 13.2 Å². The summed E-state index contributed by atoms with van der Waals surface area (Å²) >= 11 is 5.86. The zero-order valence-corrected chi connectivity index (χ0v) is 12.2. The van der Waals surface area contributed by atoms with Gasteiger partial charge in [-0.1, -0.05) is 30.7 Å². The van der Waals surface area contributed by atoms with Crippen LogP contribution in [0.5, 0.6) is 0 Å². The Bertz CT molecular complexity index is 631. The molecule has 0 aliphatic rings. The molecule has 0 aliphatic heterocycles. The third-order valence-electron chi connectivity index (χ3n) is 3.24. The lowest BCUT2D eigenvalue weighted by Crippen LogP contribution is -2.24. The van der Waals surface area contributed by atoms with Crippen LogP contribution in [0.1, 0.15) is 24.1 Å². The molecule has 112 valence electrons. The third-order valence-corrected chi connectivity index (χ3v) is 3.47. The van der Waals surface area contributed by atoms with Crippen molar-refractivity contribution in [3.63, 3.8) is 0 Å². The minimum absolute atomic E-state index is 0.177. The van der Waals surface area contributed by atoms with Crippen LogP contribution < -0.4 is 5.32 Å². The van der Waals surface area contributed by atoms with E-state index in [4.69, 9.17) is 11.6 Å². The van der Waals surface area contributed by atoms with E-state index in [1.165, 1.54) is 30.3 Å². The Morgan fingerprint density at radius 1 is 1.10 bits per heavy atom. The number of hydrogen-bond donors (Lipinski definition) is 1. The standard InChI is InChI=1S/C16H15ClF3N/c1-2-21-15(12-4-3-5-14(19)16(12)20)9-10-8-11(17)6-7-13(10)18/h3-8,15,21H,2,9H2,1H3. The van der Waals surface area contributed by atoms with Crippen LogP contribution in [0.25, 0.3) is 0 Å². The summed E-state index contributed by atoms with van der Waals surface area (Å²) in [6.45, 7) is 2.39. The van der Waals surface area contributed by atoms with E-state index in [-0.39, 0.29) is 12.0 Å². The molecule has 1 unspecified atom stereocenters. The second-order valence-electron chi connectivity index (χ2n) is 4.69. The van der Waals surface area contributed by atoms with E-state index in [1.807, 2.05) is 6.92 Å². The van der Waals surface area contributed by atoms with Crippen molar-refractivity contribution in [3.05, 3.63) is 70.0 Å². The second kappa shape index (κ2) is 6.96. The lowest BCUT2D eigenvalue weighted by molar-refractivity contribution is 0.460. The molecular formula is C16H15ClF3N. The van der Waals surface area contributed by atoms with Gasteiger partial charge >= 0.3 is 0 Å². The van der Waals surface area contributed by atoms with Gasteiger partial charge in [-0.05, 0) is 42.8 Å². The maximum absolute atomic E-state index is 13.9. The van der Waals surface area contributed by atoms with Gasteiger partial charge in [0.05, 0.1) is 0 Å². The highest BCUT2D eigenvalue weighted by atomic mass is 35.5. The molecule has 0 radical (unpaired) electrons. The van der Waals surface area contributed by atoms with E-state index in [2.05, 4.69) is 5.32 Å². The number of hydrogen-bond acceptors (Lipinski definition) is 1. The van der Waals surface area contributed by atoms with Crippen LogP contribution >= 0.6 is 11.6 Å². The highest BCUT2D eigenvalue weighted by molar-refractivity contribution is 6.30. The number of rotatable bonds is 5. The van der Waals surface area contributed by atoms with Crippen molar-refractivity contribution in [2.24, 2.45) is 0 Å². The van der Waals surface area contributed by atoms with Crippen LogP contribution in [0.2, 0.25) is 5.02 Å². The Hall–Kier alpha value is -1.52. The number of likely N-dealkylation sites (N-methyl/N-ethyl adjacent to an activating group) is 1. The lowest BCUT2D eigenvalue weighted by Gasteiger charge is -2.19. The largest absolute Gasteiger partial charge is 0.310 e. The highest BCUT2D eigenvalue weighted by Gasteiger charge is 2.19.